The van der Waals surface area contributed by atoms with Gasteiger partial charge in [0, 0.05) is 31.2 Å². The van der Waals surface area contributed by atoms with Crippen LogP contribution in [0.2, 0.25) is 0 Å². The van der Waals surface area contributed by atoms with Crippen molar-refractivity contribution in [2.75, 3.05) is 25.0 Å². The fraction of sp³-hybridized carbons (Fsp3) is 0.348. The summed E-state index contributed by atoms with van der Waals surface area (Å²) in [4.78, 5) is 26.1. The number of carbonyl (C=O) groups is 2. The van der Waals surface area contributed by atoms with Crippen LogP contribution in [0.25, 0.3) is 10.9 Å². The van der Waals surface area contributed by atoms with Crippen LogP contribution in [0.4, 0.5) is 18.9 Å². The first-order valence-corrected chi connectivity index (χ1v) is 10.6. The number of aliphatic carboxylic acids is 1. The molecule has 1 aromatic heterocycles. The van der Waals surface area contributed by atoms with Crippen molar-refractivity contribution in [3.05, 3.63) is 59.0 Å². The molecule has 0 aliphatic carbocycles. The summed E-state index contributed by atoms with van der Waals surface area (Å²) in [7, 11) is 1.58. The van der Waals surface area contributed by atoms with E-state index >= 15 is 0 Å². The molecule has 34 heavy (non-hydrogen) atoms. The molecule has 1 N–H and O–H groups in total. The third kappa shape index (κ3) is 4.84. The number of hydrogen-bond donors (Lipinski definition) is 1. The van der Waals surface area contributed by atoms with Crippen molar-refractivity contribution in [1.82, 2.24) is 19.8 Å². The van der Waals surface area contributed by atoms with E-state index in [1.54, 1.807) is 37.2 Å². The summed E-state index contributed by atoms with van der Waals surface area (Å²) < 4.78 is 40.6. The maximum absolute atomic E-state index is 13.5. The standard InChI is InChI=1S/C23H24F3N5O3/c1-14-5-16-8-27-31(11-21(25)26)20(16)7-19(14)29(13-23(33)34)12-22(32)28(2)30-9-15-3-4-18(24)6-17(15)10-30/h3-8,21H,9-13H2,1-2H3,(H,33,34). The molecule has 2 aromatic carbocycles. The van der Waals surface area contributed by atoms with Gasteiger partial charge < -0.3 is 10.0 Å². The lowest BCUT2D eigenvalue weighted by atomic mass is 10.1. The van der Waals surface area contributed by atoms with E-state index in [1.807, 2.05) is 0 Å². The number of nitrogens with zero attached hydrogens (tertiary/aromatic N) is 5. The second kappa shape index (κ2) is 9.34. The number of carboxylic acids is 1. The fourth-order valence-electron chi connectivity index (χ4n) is 4.22. The summed E-state index contributed by atoms with van der Waals surface area (Å²) in [5.41, 5.74) is 3.26. The molecule has 0 atom stereocenters. The number of carboxylic acid groups (broad SMARTS) is 1. The largest absolute Gasteiger partial charge is 0.480 e. The summed E-state index contributed by atoms with van der Waals surface area (Å²) >= 11 is 0. The number of benzene rings is 2. The van der Waals surface area contributed by atoms with Crippen molar-refractivity contribution in [2.45, 2.75) is 33.0 Å². The van der Waals surface area contributed by atoms with Gasteiger partial charge in [0.25, 0.3) is 12.3 Å². The second-order valence-corrected chi connectivity index (χ2v) is 8.32. The maximum Gasteiger partial charge on any atom is 0.323 e. The Kier molecular flexibility index (Phi) is 6.47. The number of hydrazine groups is 1. The lowest BCUT2D eigenvalue weighted by molar-refractivity contribution is -0.145. The van der Waals surface area contributed by atoms with Gasteiger partial charge in [0.05, 0.1) is 18.3 Å². The number of aryl methyl sites for hydroxylation is 1. The number of amides is 1. The number of likely N-dealkylation sites (N-methyl/N-ethyl adjacent to an activating group) is 1. The molecule has 180 valence electrons. The molecule has 3 aromatic rings. The lowest BCUT2D eigenvalue weighted by Crippen LogP contribution is -2.47. The first-order chi connectivity index (χ1) is 16.1. The Balaban J connectivity index is 1.57. The van der Waals surface area contributed by atoms with E-state index in [2.05, 4.69) is 5.10 Å². The van der Waals surface area contributed by atoms with E-state index in [0.717, 1.165) is 15.8 Å². The average molecular weight is 475 g/mol. The number of anilines is 1. The van der Waals surface area contributed by atoms with E-state index in [-0.39, 0.29) is 18.3 Å². The van der Waals surface area contributed by atoms with Gasteiger partial charge in [-0.05, 0) is 47.9 Å². The van der Waals surface area contributed by atoms with Gasteiger partial charge in [-0.1, -0.05) is 6.07 Å². The Hall–Kier alpha value is -3.60. The molecule has 0 radical (unpaired) electrons. The highest BCUT2D eigenvalue weighted by atomic mass is 19.3. The summed E-state index contributed by atoms with van der Waals surface area (Å²) in [5.74, 6) is -1.85. The molecule has 11 heteroatoms. The van der Waals surface area contributed by atoms with Crippen molar-refractivity contribution in [1.29, 1.82) is 0 Å². The van der Waals surface area contributed by atoms with Crippen molar-refractivity contribution >= 4 is 28.5 Å². The maximum atomic E-state index is 13.5. The molecule has 4 rings (SSSR count). The summed E-state index contributed by atoms with van der Waals surface area (Å²) in [6, 6.07) is 7.81. The van der Waals surface area contributed by atoms with Crippen LogP contribution in [0.5, 0.6) is 0 Å². The Morgan fingerprint density at radius 3 is 2.59 bits per heavy atom. The Morgan fingerprint density at radius 2 is 1.88 bits per heavy atom. The minimum absolute atomic E-state index is 0.251. The van der Waals surface area contributed by atoms with Crippen molar-refractivity contribution < 1.29 is 27.9 Å². The summed E-state index contributed by atoms with van der Waals surface area (Å²) in [6.07, 6.45) is -1.13. The van der Waals surface area contributed by atoms with E-state index in [9.17, 15) is 27.9 Å². The number of halogens is 3. The molecule has 1 aliphatic rings. The zero-order valence-electron chi connectivity index (χ0n) is 18.7. The zero-order valence-corrected chi connectivity index (χ0v) is 18.7. The number of aromatic nitrogens is 2. The molecule has 8 nitrogen and oxygen atoms in total. The van der Waals surface area contributed by atoms with Crippen LogP contribution in [0.15, 0.2) is 36.5 Å². The molecular weight excluding hydrogens is 451 g/mol. The monoisotopic (exact) mass is 475 g/mol. The number of carbonyl (C=O) groups excluding carboxylic acids is 1. The number of rotatable bonds is 8. The topological polar surface area (TPSA) is 81.9 Å². The van der Waals surface area contributed by atoms with E-state index < -0.39 is 25.5 Å². The zero-order chi connectivity index (χ0) is 24.6. The van der Waals surface area contributed by atoms with Crippen LogP contribution in [0, 0.1) is 12.7 Å². The van der Waals surface area contributed by atoms with Crippen LogP contribution in [0.3, 0.4) is 0 Å². The third-order valence-electron chi connectivity index (χ3n) is 5.92. The predicted octanol–water partition coefficient (Wildman–Crippen LogP) is 3.03. The van der Waals surface area contributed by atoms with Crippen molar-refractivity contribution in [3.63, 3.8) is 0 Å². The molecule has 1 aliphatic heterocycles. The van der Waals surface area contributed by atoms with E-state index in [1.165, 1.54) is 28.2 Å². The van der Waals surface area contributed by atoms with Crippen molar-refractivity contribution in [3.8, 4) is 0 Å². The van der Waals surface area contributed by atoms with Crippen molar-refractivity contribution in [2.24, 2.45) is 0 Å². The van der Waals surface area contributed by atoms with E-state index in [4.69, 9.17) is 0 Å². The second-order valence-electron chi connectivity index (χ2n) is 8.32. The highest BCUT2D eigenvalue weighted by Gasteiger charge is 2.27. The van der Waals surface area contributed by atoms with Gasteiger partial charge in [0.15, 0.2) is 0 Å². The van der Waals surface area contributed by atoms with Gasteiger partial charge in [0.2, 0.25) is 0 Å². The van der Waals surface area contributed by atoms with Gasteiger partial charge in [-0.3, -0.25) is 19.3 Å². The molecule has 0 saturated heterocycles. The van der Waals surface area contributed by atoms with Gasteiger partial charge in [-0.15, -0.1) is 0 Å². The third-order valence-corrected chi connectivity index (χ3v) is 5.92. The van der Waals surface area contributed by atoms with E-state index in [0.29, 0.717) is 35.2 Å². The molecule has 0 bridgehead atoms. The normalized spacial score (nSPS) is 13.5. The molecular formula is C23H24F3N5O3. The molecule has 0 unspecified atom stereocenters. The Bertz CT molecular complexity index is 1250. The first-order valence-electron chi connectivity index (χ1n) is 10.6. The SMILES string of the molecule is Cc1cc2cnn(CC(F)F)c2cc1N(CC(=O)O)CC(=O)N(C)N1Cc2ccc(F)cc2C1. The molecule has 2 heterocycles. The molecule has 1 amide bonds. The number of alkyl halides is 2. The minimum atomic E-state index is -2.60. The van der Waals surface area contributed by atoms with Gasteiger partial charge in [-0.25, -0.2) is 18.2 Å². The van der Waals surface area contributed by atoms with Gasteiger partial charge >= 0.3 is 5.97 Å². The lowest BCUT2D eigenvalue weighted by Gasteiger charge is -2.31. The number of fused-ring (bicyclic) bond motifs is 2. The van der Waals surface area contributed by atoms with Crippen LogP contribution >= 0.6 is 0 Å². The summed E-state index contributed by atoms with van der Waals surface area (Å²) in [5, 5.41) is 17.3. The van der Waals surface area contributed by atoms with Crippen LogP contribution in [-0.4, -0.2) is 63.3 Å². The quantitative estimate of drug-likeness (QED) is 0.540. The minimum Gasteiger partial charge on any atom is -0.480 e. The average Bonchev–Trinajstić information content (AvgIpc) is 3.34. The Morgan fingerprint density at radius 1 is 1.15 bits per heavy atom. The smallest absolute Gasteiger partial charge is 0.323 e. The molecule has 0 saturated carbocycles. The molecule has 0 spiro atoms. The summed E-state index contributed by atoms with van der Waals surface area (Å²) in [6.45, 7) is 1.23. The predicted molar refractivity (Wildman–Crippen MR) is 119 cm³/mol. The Labute approximate surface area is 193 Å². The highest BCUT2D eigenvalue weighted by Crippen LogP contribution is 2.28. The highest BCUT2D eigenvalue weighted by molar-refractivity contribution is 5.88. The van der Waals surface area contributed by atoms with Gasteiger partial charge in [0.1, 0.15) is 18.9 Å². The first kappa shape index (κ1) is 23.6. The van der Waals surface area contributed by atoms with Crippen LogP contribution in [-0.2, 0) is 29.2 Å². The fourth-order valence-corrected chi connectivity index (χ4v) is 4.22. The molecule has 0 fully saturated rings. The number of hydrogen-bond acceptors (Lipinski definition) is 5. The van der Waals surface area contributed by atoms with Crippen LogP contribution < -0.4 is 4.90 Å². The van der Waals surface area contributed by atoms with Crippen LogP contribution in [0.1, 0.15) is 16.7 Å². The van der Waals surface area contributed by atoms with Gasteiger partial charge in [-0.2, -0.15) is 5.10 Å².